The van der Waals surface area contributed by atoms with Gasteiger partial charge < -0.3 is 0 Å². The molecule has 70 valence electrons. The highest BCUT2D eigenvalue weighted by molar-refractivity contribution is 5.79. The van der Waals surface area contributed by atoms with E-state index in [2.05, 4.69) is 43.1 Å². The molecule has 0 aromatic heterocycles. The molecule has 0 atom stereocenters. The Morgan fingerprint density at radius 2 is 1.92 bits per heavy atom. The molecule has 0 N–H and O–H groups in total. The number of aliphatic imine (C=N–C) groups is 1. The lowest BCUT2D eigenvalue weighted by Crippen LogP contribution is -1.84. The summed E-state index contributed by atoms with van der Waals surface area (Å²) in [4.78, 5) is 4.34. The maximum atomic E-state index is 4.34. The summed E-state index contributed by atoms with van der Waals surface area (Å²) in [6.45, 7) is 5.23. The lowest BCUT2D eigenvalue weighted by molar-refractivity contribution is 0.810. The highest BCUT2D eigenvalue weighted by Gasteiger charge is 1.86. The number of benzene rings is 1. The molecular weight excluding hydrogens is 158 g/mol. The van der Waals surface area contributed by atoms with Crippen molar-refractivity contribution in [3.05, 3.63) is 35.4 Å². The van der Waals surface area contributed by atoms with Crippen molar-refractivity contribution in [1.29, 1.82) is 0 Å². The first-order valence-corrected chi connectivity index (χ1v) is 4.89. The first-order valence-electron chi connectivity index (χ1n) is 4.89. The Labute approximate surface area is 80.5 Å². The summed E-state index contributed by atoms with van der Waals surface area (Å²) < 4.78 is 0. The molecule has 0 amide bonds. The van der Waals surface area contributed by atoms with E-state index < -0.39 is 0 Å². The van der Waals surface area contributed by atoms with Gasteiger partial charge in [0.25, 0.3) is 0 Å². The maximum absolute atomic E-state index is 4.34. The molecule has 0 aliphatic carbocycles. The Bertz CT molecular complexity index is 259. The summed E-state index contributed by atoms with van der Waals surface area (Å²) in [6, 6.07) is 8.43. The molecule has 0 aliphatic heterocycles. The van der Waals surface area contributed by atoms with Crippen LogP contribution in [0.4, 0.5) is 0 Å². The Balaban J connectivity index is 2.44. The van der Waals surface area contributed by atoms with E-state index in [0.717, 1.165) is 6.54 Å². The van der Waals surface area contributed by atoms with Gasteiger partial charge in [-0.05, 0) is 18.9 Å². The summed E-state index contributed by atoms with van der Waals surface area (Å²) in [5, 5.41) is 0. The van der Waals surface area contributed by atoms with Gasteiger partial charge in [0.15, 0.2) is 0 Å². The maximum Gasteiger partial charge on any atom is 0.0389 e. The monoisotopic (exact) mass is 175 g/mol. The van der Waals surface area contributed by atoms with E-state index >= 15 is 0 Å². The number of nitrogens with zero attached hydrogens (tertiary/aromatic N) is 1. The number of hydrogen-bond donors (Lipinski definition) is 0. The SMILES string of the molecule is CCCC/N=C/c1ccc(C)cc1. The molecule has 0 aliphatic rings. The van der Waals surface area contributed by atoms with Crippen molar-refractivity contribution in [2.45, 2.75) is 26.7 Å². The fourth-order valence-electron chi connectivity index (χ4n) is 1.07. The molecule has 0 unspecified atom stereocenters. The van der Waals surface area contributed by atoms with Gasteiger partial charge in [-0.15, -0.1) is 0 Å². The first kappa shape index (κ1) is 9.97. The second-order valence-electron chi connectivity index (χ2n) is 3.30. The van der Waals surface area contributed by atoms with E-state index in [0.29, 0.717) is 0 Å². The predicted octanol–water partition coefficient (Wildman–Crippen LogP) is 3.21. The van der Waals surface area contributed by atoms with E-state index in [1.165, 1.54) is 24.0 Å². The third-order valence-electron chi connectivity index (χ3n) is 1.96. The molecule has 1 nitrogen and oxygen atoms in total. The lowest BCUT2D eigenvalue weighted by Gasteiger charge is -1.94. The van der Waals surface area contributed by atoms with Gasteiger partial charge in [0.1, 0.15) is 0 Å². The van der Waals surface area contributed by atoms with Crippen molar-refractivity contribution in [3.8, 4) is 0 Å². The van der Waals surface area contributed by atoms with Crippen LogP contribution in [-0.4, -0.2) is 12.8 Å². The highest BCUT2D eigenvalue weighted by atomic mass is 14.7. The van der Waals surface area contributed by atoms with Crippen molar-refractivity contribution in [2.75, 3.05) is 6.54 Å². The van der Waals surface area contributed by atoms with Gasteiger partial charge in [-0.1, -0.05) is 43.2 Å². The van der Waals surface area contributed by atoms with Crippen molar-refractivity contribution in [3.63, 3.8) is 0 Å². The second-order valence-corrected chi connectivity index (χ2v) is 3.30. The Morgan fingerprint density at radius 1 is 1.23 bits per heavy atom. The minimum Gasteiger partial charge on any atom is -0.293 e. The van der Waals surface area contributed by atoms with Gasteiger partial charge in [0.05, 0.1) is 0 Å². The standard InChI is InChI=1S/C12H17N/c1-3-4-9-13-10-12-7-5-11(2)6-8-12/h5-8,10H,3-4,9H2,1-2H3/b13-10+. The van der Waals surface area contributed by atoms with Crippen LogP contribution in [0.5, 0.6) is 0 Å². The van der Waals surface area contributed by atoms with Gasteiger partial charge in [0, 0.05) is 12.8 Å². The van der Waals surface area contributed by atoms with Crippen molar-refractivity contribution in [1.82, 2.24) is 0 Å². The molecule has 1 heteroatoms. The van der Waals surface area contributed by atoms with E-state index in [4.69, 9.17) is 0 Å². The number of rotatable bonds is 4. The average Bonchev–Trinajstić information content (AvgIpc) is 2.15. The summed E-state index contributed by atoms with van der Waals surface area (Å²) in [7, 11) is 0. The zero-order valence-electron chi connectivity index (χ0n) is 8.46. The second kappa shape index (κ2) is 5.52. The van der Waals surface area contributed by atoms with E-state index in [9.17, 15) is 0 Å². The smallest absolute Gasteiger partial charge is 0.0389 e. The molecule has 0 fully saturated rings. The van der Waals surface area contributed by atoms with Gasteiger partial charge in [0.2, 0.25) is 0 Å². The van der Waals surface area contributed by atoms with Crippen molar-refractivity contribution in [2.24, 2.45) is 4.99 Å². The molecule has 1 aromatic carbocycles. The highest BCUT2D eigenvalue weighted by Crippen LogP contribution is 2.00. The largest absolute Gasteiger partial charge is 0.293 e. The van der Waals surface area contributed by atoms with Crippen LogP contribution >= 0.6 is 0 Å². The van der Waals surface area contributed by atoms with Crippen LogP contribution in [0, 0.1) is 6.92 Å². The average molecular weight is 175 g/mol. The Morgan fingerprint density at radius 3 is 2.54 bits per heavy atom. The molecule has 0 saturated carbocycles. The van der Waals surface area contributed by atoms with E-state index in [1.54, 1.807) is 0 Å². The molecule has 13 heavy (non-hydrogen) atoms. The van der Waals surface area contributed by atoms with E-state index in [1.807, 2.05) is 6.21 Å². The fraction of sp³-hybridized carbons (Fsp3) is 0.417. The van der Waals surface area contributed by atoms with Crippen LogP contribution in [0.25, 0.3) is 0 Å². The zero-order chi connectivity index (χ0) is 9.52. The summed E-state index contributed by atoms with van der Waals surface area (Å²) in [6.07, 6.45) is 4.35. The fourth-order valence-corrected chi connectivity index (χ4v) is 1.07. The van der Waals surface area contributed by atoms with Crippen LogP contribution in [-0.2, 0) is 0 Å². The number of unbranched alkanes of at least 4 members (excludes halogenated alkanes) is 1. The molecule has 0 radical (unpaired) electrons. The van der Waals surface area contributed by atoms with Crippen LogP contribution < -0.4 is 0 Å². The predicted molar refractivity (Wildman–Crippen MR) is 58.5 cm³/mol. The molecule has 0 saturated heterocycles. The van der Waals surface area contributed by atoms with Crippen LogP contribution in [0.15, 0.2) is 29.3 Å². The molecule has 1 rings (SSSR count). The normalized spacial score (nSPS) is 10.9. The lowest BCUT2D eigenvalue weighted by atomic mass is 10.2. The van der Waals surface area contributed by atoms with Crippen LogP contribution in [0.3, 0.4) is 0 Å². The Kier molecular flexibility index (Phi) is 4.24. The molecule has 0 heterocycles. The van der Waals surface area contributed by atoms with Gasteiger partial charge in [-0.2, -0.15) is 0 Å². The number of hydrogen-bond acceptors (Lipinski definition) is 1. The number of aryl methyl sites for hydroxylation is 1. The molecule has 0 spiro atoms. The van der Waals surface area contributed by atoms with Gasteiger partial charge in [-0.3, -0.25) is 4.99 Å². The third-order valence-corrected chi connectivity index (χ3v) is 1.96. The first-order chi connectivity index (χ1) is 6.33. The minimum absolute atomic E-state index is 0.949. The van der Waals surface area contributed by atoms with Gasteiger partial charge in [-0.25, -0.2) is 0 Å². The molecular formula is C12H17N. The quantitative estimate of drug-likeness (QED) is 0.492. The summed E-state index contributed by atoms with van der Waals surface area (Å²) >= 11 is 0. The van der Waals surface area contributed by atoms with Crippen LogP contribution in [0.2, 0.25) is 0 Å². The topological polar surface area (TPSA) is 12.4 Å². The zero-order valence-corrected chi connectivity index (χ0v) is 8.46. The minimum atomic E-state index is 0.949. The van der Waals surface area contributed by atoms with E-state index in [-0.39, 0.29) is 0 Å². The van der Waals surface area contributed by atoms with Gasteiger partial charge >= 0.3 is 0 Å². The van der Waals surface area contributed by atoms with Crippen molar-refractivity contribution < 1.29 is 0 Å². The summed E-state index contributed by atoms with van der Waals surface area (Å²) in [5.41, 5.74) is 2.49. The third kappa shape index (κ3) is 3.88. The van der Waals surface area contributed by atoms with Crippen molar-refractivity contribution >= 4 is 6.21 Å². The Hall–Kier alpha value is -1.11. The molecule has 1 aromatic rings. The molecule has 0 bridgehead atoms. The van der Waals surface area contributed by atoms with Crippen LogP contribution in [0.1, 0.15) is 30.9 Å². The summed E-state index contributed by atoms with van der Waals surface area (Å²) in [5.74, 6) is 0.